The zero-order valence-corrected chi connectivity index (χ0v) is 13.0. The van der Waals surface area contributed by atoms with Gasteiger partial charge < -0.3 is 10.1 Å². The van der Waals surface area contributed by atoms with Crippen LogP contribution in [0.1, 0.15) is 25.1 Å². The van der Waals surface area contributed by atoms with Crippen molar-refractivity contribution in [1.29, 1.82) is 0 Å². The Morgan fingerprint density at radius 1 is 1.09 bits per heavy atom. The van der Waals surface area contributed by atoms with Gasteiger partial charge in [0, 0.05) is 28.1 Å². The van der Waals surface area contributed by atoms with Gasteiger partial charge in [0.2, 0.25) is 0 Å². The first-order valence-electron chi connectivity index (χ1n) is 7.96. The normalized spacial score (nSPS) is 33.3. The second-order valence-electron chi connectivity index (χ2n) is 6.70. The number of aromatic nitrogens is 1. The lowest BCUT2D eigenvalue weighted by Crippen LogP contribution is -2.39. The van der Waals surface area contributed by atoms with Gasteiger partial charge in [0.05, 0.1) is 5.60 Å². The molecule has 2 aliphatic carbocycles. The average molecular weight is 291 g/mol. The monoisotopic (exact) mass is 291 g/mol. The number of H-pyrrole nitrogens is 1. The summed E-state index contributed by atoms with van der Waals surface area (Å²) in [5, 5.41) is 12.5. The molecule has 0 saturated heterocycles. The molecule has 1 heterocycles. The molecular formula is C20H21NO. The number of hydrogen-bond donors (Lipinski definition) is 2. The minimum absolute atomic E-state index is 0.0791. The number of hydrogen-bond acceptors (Lipinski definition) is 1. The minimum atomic E-state index is -0.877. The predicted molar refractivity (Wildman–Crippen MR) is 91.3 cm³/mol. The van der Waals surface area contributed by atoms with Crippen LogP contribution in [0.4, 0.5) is 0 Å². The first kappa shape index (κ1) is 13.6. The van der Waals surface area contributed by atoms with Gasteiger partial charge >= 0.3 is 0 Å². The molecule has 4 unspecified atom stereocenters. The molecule has 0 aliphatic heterocycles. The third-order valence-electron chi connectivity index (χ3n) is 5.24. The van der Waals surface area contributed by atoms with E-state index in [0.717, 1.165) is 22.2 Å². The van der Waals surface area contributed by atoms with E-state index in [-0.39, 0.29) is 5.92 Å². The van der Waals surface area contributed by atoms with Crippen LogP contribution >= 0.6 is 0 Å². The Hall–Kier alpha value is -2.06. The average Bonchev–Trinajstić information content (AvgIpc) is 2.88. The van der Waals surface area contributed by atoms with Crippen molar-refractivity contribution in [3.63, 3.8) is 0 Å². The van der Waals surface area contributed by atoms with Gasteiger partial charge in [-0.25, -0.2) is 0 Å². The molecule has 4 rings (SSSR count). The summed E-state index contributed by atoms with van der Waals surface area (Å²) < 4.78 is 0. The Balaban J connectivity index is 1.86. The van der Waals surface area contributed by atoms with Gasteiger partial charge in [-0.05, 0) is 30.9 Å². The van der Waals surface area contributed by atoms with E-state index >= 15 is 0 Å². The van der Waals surface area contributed by atoms with Gasteiger partial charge in [0.25, 0.3) is 0 Å². The van der Waals surface area contributed by atoms with Crippen molar-refractivity contribution in [1.82, 2.24) is 4.98 Å². The van der Waals surface area contributed by atoms with Gasteiger partial charge in [-0.15, -0.1) is 0 Å². The third kappa shape index (κ3) is 1.84. The highest BCUT2D eigenvalue weighted by molar-refractivity contribution is 5.89. The van der Waals surface area contributed by atoms with Crippen molar-refractivity contribution in [3.05, 3.63) is 65.9 Å². The Labute approximate surface area is 130 Å². The Morgan fingerprint density at radius 2 is 1.86 bits per heavy atom. The third-order valence-corrected chi connectivity index (χ3v) is 5.24. The van der Waals surface area contributed by atoms with Gasteiger partial charge in [-0.2, -0.15) is 0 Å². The van der Waals surface area contributed by atoms with E-state index < -0.39 is 5.60 Å². The molecule has 2 nitrogen and oxygen atoms in total. The van der Waals surface area contributed by atoms with Gasteiger partial charge in [-0.1, -0.05) is 55.5 Å². The van der Waals surface area contributed by atoms with Gasteiger partial charge in [-0.3, -0.25) is 0 Å². The van der Waals surface area contributed by atoms with E-state index in [0.29, 0.717) is 11.8 Å². The Morgan fingerprint density at radius 3 is 2.68 bits per heavy atom. The fraction of sp³-hybridized carbons (Fsp3) is 0.300. The second kappa shape index (κ2) is 4.72. The lowest BCUT2D eigenvalue weighted by Gasteiger charge is -2.40. The van der Waals surface area contributed by atoms with Crippen LogP contribution in [0.2, 0.25) is 0 Å². The number of benzene rings is 1. The fourth-order valence-electron chi connectivity index (χ4n) is 4.07. The number of para-hydroxylation sites is 1. The molecule has 0 bridgehead atoms. The van der Waals surface area contributed by atoms with Crippen LogP contribution in [0.25, 0.3) is 17.0 Å². The van der Waals surface area contributed by atoms with Crippen molar-refractivity contribution >= 4 is 17.0 Å². The minimum Gasteiger partial charge on any atom is -0.385 e. The maximum absolute atomic E-state index is 11.4. The van der Waals surface area contributed by atoms with Crippen molar-refractivity contribution in [2.75, 3.05) is 0 Å². The lowest BCUT2D eigenvalue weighted by molar-refractivity contribution is -0.00807. The maximum Gasteiger partial charge on any atom is 0.0963 e. The number of aliphatic hydroxyl groups is 1. The summed E-state index contributed by atoms with van der Waals surface area (Å²) in [5.74, 6) is 0.825. The second-order valence-corrected chi connectivity index (χ2v) is 6.70. The van der Waals surface area contributed by atoms with E-state index in [1.54, 1.807) is 0 Å². The van der Waals surface area contributed by atoms with Crippen molar-refractivity contribution in [2.45, 2.75) is 19.4 Å². The molecule has 0 saturated carbocycles. The molecule has 1 aromatic carbocycles. The highest BCUT2D eigenvalue weighted by atomic mass is 16.3. The summed E-state index contributed by atoms with van der Waals surface area (Å²) in [6, 6.07) is 8.22. The van der Waals surface area contributed by atoms with Crippen LogP contribution in [-0.2, 0) is 5.60 Å². The van der Waals surface area contributed by atoms with E-state index in [4.69, 9.17) is 0 Å². The maximum atomic E-state index is 11.4. The molecule has 112 valence electrons. The Kier molecular flexibility index (Phi) is 2.92. The van der Waals surface area contributed by atoms with Crippen molar-refractivity contribution < 1.29 is 5.11 Å². The molecule has 0 spiro atoms. The van der Waals surface area contributed by atoms with Crippen LogP contribution < -0.4 is 0 Å². The van der Waals surface area contributed by atoms with E-state index in [1.165, 1.54) is 0 Å². The SMILES string of the molecule is CC1C=CC=CC1C1C=Cc2[nH]c3ccccc3c2C1(C)O. The fourth-order valence-corrected chi connectivity index (χ4v) is 4.07. The number of aromatic amines is 1. The quantitative estimate of drug-likeness (QED) is 0.803. The topological polar surface area (TPSA) is 36.0 Å². The largest absolute Gasteiger partial charge is 0.385 e. The summed E-state index contributed by atoms with van der Waals surface area (Å²) >= 11 is 0. The van der Waals surface area contributed by atoms with Crippen LogP contribution in [0.3, 0.4) is 0 Å². The van der Waals surface area contributed by atoms with E-state index in [1.807, 2.05) is 19.1 Å². The highest BCUT2D eigenvalue weighted by Crippen LogP contribution is 2.47. The molecule has 2 heteroatoms. The summed E-state index contributed by atoms with van der Waals surface area (Å²) in [6.45, 7) is 4.18. The first-order chi connectivity index (χ1) is 10.6. The Bertz CT molecular complexity index is 806. The lowest BCUT2D eigenvalue weighted by atomic mass is 9.67. The standard InChI is InChI=1S/C20H21NO/c1-13-7-3-4-8-14(13)16-11-12-18-19(20(16,2)22)15-9-5-6-10-17(15)21-18/h3-14,16,21-22H,1-2H3. The van der Waals surface area contributed by atoms with E-state index in [9.17, 15) is 5.11 Å². The molecule has 2 aromatic rings. The molecule has 0 fully saturated rings. The number of allylic oxidation sites excluding steroid dienone is 4. The molecular weight excluding hydrogens is 270 g/mol. The predicted octanol–water partition coefficient (Wildman–Crippen LogP) is 4.40. The van der Waals surface area contributed by atoms with E-state index in [2.05, 4.69) is 60.5 Å². The zero-order valence-electron chi connectivity index (χ0n) is 13.0. The molecule has 0 amide bonds. The number of rotatable bonds is 1. The summed E-state index contributed by atoms with van der Waals surface area (Å²) in [6.07, 6.45) is 12.9. The number of nitrogens with one attached hydrogen (secondary N) is 1. The molecule has 22 heavy (non-hydrogen) atoms. The molecule has 4 atom stereocenters. The molecule has 0 radical (unpaired) electrons. The smallest absolute Gasteiger partial charge is 0.0963 e. The summed E-state index contributed by atoms with van der Waals surface area (Å²) in [5.41, 5.74) is 2.28. The molecule has 2 aliphatic rings. The summed E-state index contributed by atoms with van der Waals surface area (Å²) in [7, 11) is 0. The molecule has 1 aromatic heterocycles. The van der Waals surface area contributed by atoms with Crippen LogP contribution in [0.15, 0.2) is 54.6 Å². The van der Waals surface area contributed by atoms with Crippen LogP contribution in [0, 0.1) is 17.8 Å². The molecule has 2 N–H and O–H groups in total. The zero-order chi connectivity index (χ0) is 15.3. The van der Waals surface area contributed by atoms with Gasteiger partial charge in [0.1, 0.15) is 0 Å². The van der Waals surface area contributed by atoms with Gasteiger partial charge in [0.15, 0.2) is 0 Å². The number of fused-ring (bicyclic) bond motifs is 3. The first-order valence-corrected chi connectivity index (χ1v) is 7.96. The van der Waals surface area contributed by atoms with Crippen LogP contribution in [-0.4, -0.2) is 10.1 Å². The summed E-state index contributed by atoms with van der Waals surface area (Å²) in [4.78, 5) is 3.43. The van der Waals surface area contributed by atoms with Crippen LogP contribution in [0.5, 0.6) is 0 Å². The highest BCUT2D eigenvalue weighted by Gasteiger charge is 2.43. The van der Waals surface area contributed by atoms with Crippen molar-refractivity contribution in [3.8, 4) is 0 Å². The van der Waals surface area contributed by atoms with Crippen molar-refractivity contribution in [2.24, 2.45) is 17.8 Å².